The average molecular weight is 233 g/mol. The van der Waals surface area contributed by atoms with Crippen molar-refractivity contribution in [1.29, 1.82) is 0 Å². The lowest BCUT2D eigenvalue weighted by Gasteiger charge is -2.29. The van der Waals surface area contributed by atoms with Crippen LogP contribution in [0.2, 0.25) is 0 Å². The van der Waals surface area contributed by atoms with Crippen molar-refractivity contribution in [2.45, 2.75) is 20.0 Å². The fourth-order valence-corrected chi connectivity index (χ4v) is 2.24. The predicted molar refractivity (Wildman–Crippen MR) is 67.5 cm³/mol. The van der Waals surface area contributed by atoms with Crippen LogP contribution in [0, 0.1) is 13.8 Å². The van der Waals surface area contributed by atoms with Crippen molar-refractivity contribution in [3.05, 3.63) is 34.9 Å². The number of carbonyl (C=O) groups is 1. The molecule has 1 fully saturated rings. The summed E-state index contributed by atoms with van der Waals surface area (Å²) in [5.74, 6) is 0.100. The number of rotatable bonds is 2. The first kappa shape index (κ1) is 12.3. The van der Waals surface area contributed by atoms with Crippen molar-refractivity contribution in [1.82, 2.24) is 4.90 Å². The number of ketones is 1. The SMILES string of the molecule is Cc1cc(C)cc(C(=O)C2CN(C)CCO2)c1. The van der Waals surface area contributed by atoms with Crippen LogP contribution >= 0.6 is 0 Å². The number of benzene rings is 1. The van der Waals surface area contributed by atoms with E-state index in [0.29, 0.717) is 13.2 Å². The molecule has 3 nitrogen and oxygen atoms in total. The number of morpholine rings is 1. The van der Waals surface area contributed by atoms with Crippen molar-refractivity contribution < 1.29 is 9.53 Å². The van der Waals surface area contributed by atoms with Gasteiger partial charge in [-0.1, -0.05) is 17.2 Å². The van der Waals surface area contributed by atoms with Crippen LogP contribution in [0.5, 0.6) is 0 Å². The van der Waals surface area contributed by atoms with Gasteiger partial charge in [-0.3, -0.25) is 4.79 Å². The predicted octanol–water partition coefficient (Wildman–Crippen LogP) is 1.82. The van der Waals surface area contributed by atoms with E-state index in [1.165, 1.54) is 0 Å². The van der Waals surface area contributed by atoms with Gasteiger partial charge in [-0.25, -0.2) is 0 Å². The molecule has 3 heteroatoms. The summed E-state index contributed by atoms with van der Waals surface area (Å²) in [5, 5.41) is 0. The molecule has 0 saturated carbocycles. The topological polar surface area (TPSA) is 29.5 Å². The Kier molecular flexibility index (Phi) is 3.60. The molecule has 1 atom stereocenters. The third-order valence-corrected chi connectivity index (χ3v) is 3.07. The highest BCUT2D eigenvalue weighted by Crippen LogP contribution is 2.14. The number of hydrogen-bond donors (Lipinski definition) is 0. The standard InChI is InChI=1S/C14H19NO2/c1-10-6-11(2)8-12(7-10)14(16)13-9-15(3)4-5-17-13/h6-8,13H,4-5,9H2,1-3H3. The van der Waals surface area contributed by atoms with Gasteiger partial charge in [-0.2, -0.15) is 0 Å². The van der Waals surface area contributed by atoms with E-state index in [9.17, 15) is 4.79 Å². The maximum Gasteiger partial charge on any atom is 0.192 e. The highest BCUT2D eigenvalue weighted by molar-refractivity contribution is 6.00. The number of carbonyl (C=O) groups excluding carboxylic acids is 1. The number of Topliss-reactive ketones (excluding diaryl/α,β-unsaturated/α-hetero) is 1. The fraction of sp³-hybridized carbons (Fsp3) is 0.500. The quantitative estimate of drug-likeness (QED) is 0.730. The average Bonchev–Trinajstić information content (AvgIpc) is 2.26. The Morgan fingerprint density at radius 2 is 1.94 bits per heavy atom. The summed E-state index contributed by atoms with van der Waals surface area (Å²) >= 11 is 0. The largest absolute Gasteiger partial charge is 0.367 e. The third kappa shape index (κ3) is 2.93. The molecule has 0 bridgehead atoms. The molecule has 0 N–H and O–H groups in total. The molecule has 2 rings (SSSR count). The Labute approximate surface area is 102 Å². The van der Waals surface area contributed by atoms with Crippen LogP contribution in [-0.4, -0.2) is 43.5 Å². The summed E-state index contributed by atoms with van der Waals surface area (Å²) in [7, 11) is 2.02. The number of aryl methyl sites for hydroxylation is 2. The first-order chi connectivity index (χ1) is 8.06. The maximum absolute atomic E-state index is 12.3. The molecule has 1 aromatic rings. The van der Waals surface area contributed by atoms with E-state index in [1.54, 1.807) is 0 Å². The van der Waals surface area contributed by atoms with Gasteiger partial charge in [0.05, 0.1) is 6.61 Å². The minimum absolute atomic E-state index is 0.100. The van der Waals surface area contributed by atoms with Gasteiger partial charge in [-0.05, 0) is 33.0 Å². The normalized spacial score (nSPS) is 21.5. The summed E-state index contributed by atoms with van der Waals surface area (Å²) in [6, 6.07) is 5.95. The van der Waals surface area contributed by atoms with Crippen LogP contribution in [0.4, 0.5) is 0 Å². The van der Waals surface area contributed by atoms with E-state index in [1.807, 2.05) is 33.0 Å². The molecular formula is C14H19NO2. The van der Waals surface area contributed by atoms with Gasteiger partial charge in [-0.15, -0.1) is 0 Å². The lowest BCUT2D eigenvalue weighted by molar-refractivity contribution is -0.00862. The molecule has 17 heavy (non-hydrogen) atoms. The van der Waals surface area contributed by atoms with Crippen molar-refractivity contribution in [2.24, 2.45) is 0 Å². The molecule has 1 aliphatic rings. The van der Waals surface area contributed by atoms with E-state index < -0.39 is 0 Å². The monoisotopic (exact) mass is 233 g/mol. The molecule has 0 spiro atoms. The second-order valence-electron chi connectivity index (χ2n) is 4.86. The minimum Gasteiger partial charge on any atom is -0.367 e. The zero-order chi connectivity index (χ0) is 12.4. The van der Waals surface area contributed by atoms with E-state index >= 15 is 0 Å². The van der Waals surface area contributed by atoms with Crippen molar-refractivity contribution in [3.63, 3.8) is 0 Å². The zero-order valence-corrected chi connectivity index (χ0v) is 10.7. The number of nitrogens with zero attached hydrogens (tertiary/aromatic N) is 1. The Bertz CT molecular complexity index is 408. The molecular weight excluding hydrogens is 214 g/mol. The number of likely N-dealkylation sites (N-methyl/N-ethyl adjacent to an activating group) is 1. The highest BCUT2D eigenvalue weighted by Gasteiger charge is 2.25. The summed E-state index contributed by atoms with van der Waals surface area (Å²) in [6.45, 7) is 6.25. The fourth-order valence-electron chi connectivity index (χ4n) is 2.24. The second kappa shape index (κ2) is 4.98. The van der Waals surface area contributed by atoms with Gasteiger partial charge in [0.2, 0.25) is 0 Å². The molecule has 1 aromatic carbocycles. The van der Waals surface area contributed by atoms with Crippen LogP contribution in [0.25, 0.3) is 0 Å². The summed E-state index contributed by atoms with van der Waals surface area (Å²) in [4.78, 5) is 14.4. The van der Waals surface area contributed by atoms with E-state index in [4.69, 9.17) is 4.74 Å². The van der Waals surface area contributed by atoms with Gasteiger partial charge in [0.1, 0.15) is 6.10 Å². The van der Waals surface area contributed by atoms with Gasteiger partial charge in [0, 0.05) is 18.7 Å². The first-order valence-corrected chi connectivity index (χ1v) is 5.99. The molecule has 92 valence electrons. The summed E-state index contributed by atoms with van der Waals surface area (Å²) in [5.41, 5.74) is 3.01. The Morgan fingerprint density at radius 1 is 1.29 bits per heavy atom. The zero-order valence-electron chi connectivity index (χ0n) is 10.7. The van der Waals surface area contributed by atoms with E-state index in [-0.39, 0.29) is 11.9 Å². The van der Waals surface area contributed by atoms with Crippen LogP contribution in [0.1, 0.15) is 21.5 Å². The van der Waals surface area contributed by atoms with Crippen molar-refractivity contribution >= 4 is 5.78 Å². The maximum atomic E-state index is 12.3. The molecule has 0 aromatic heterocycles. The van der Waals surface area contributed by atoms with E-state index in [0.717, 1.165) is 23.2 Å². The first-order valence-electron chi connectivity index (χ1n) is 5.99. The van der Waals surface area contributed by atoms with Crippen molar-refractivity contribution in [2.75, 3.05) is 26.7 Å². The lowest BCUT2D eigenvalue weighted by atomic mass is 10.0. The van der Waals surface area contributed by atoms with Gasteiger partial charge in [0.25, 0.3) is 0 Å². The minimum atomic E-state index is -0.310. The molecule has 1 aliphatic heterocycles. The molecule has 0 aliphatic carbocycles. The molecule has 0 amide bonds. The molecule has 1 heterocycles. The Balaban J connectivity index is 2.18. The van der Waals surface area contributed by atoms with Crippen LogP contribution in [0.3, 0.4) is 0 Å². The van der Waals surface area contributed by atoms with Gasteiger partial charge in [0.15, 0.2) is 5.78 Å². The number of ether oxygens (including phenoxy) is 1. The second-order valence-corrected chi connectivity index (χ2v) is 4.86. The smallest absolute Gasteiger partial charge is 0.192 e. The van der Waals surface area contributed by atoms with Crippen molar-refractivity contribution in [3.8, 4) is 0 Å². The summed E-state index contributed by atoms with van der Waals surface area (Å²) in [6.07, 6.45) is -0.310. The Morgan fingerprint density at radius 3 is 2.53 bits per heavy atom. The molecule has 1 saturated heterocycles. The third-order valence-electron chi connectivity index (χ3n) is 3.07. The highest BCUT2D eigenvalue weighted by atomic mass is 16.5. The molecule has 1 unspecified atom stereocenters. The summed E-state index contributed by atoms with van der Waals surface area (Å²) < 4.78 is 5.55. The number of hydrogen-bond acceptors (Lipinski definition) is 3. The van der Waals surface area contributed by atoms with Crippen LogP contribution < -0.4 is 0 Å². The molecule has 0 radical (unpaired) electrons. The lowest BCUT2D eigenvalue weighted by Crippen LogP contribution is -2.44. The Hall–Kier alpha value is -1.19. The van der Waals surface area contributed by atoms with Gasteiger partial charge < -0.3 is 9.64 Å². The van der Waals surface area contributed by atoms with E-state index in [2.05, 4.69) is 11.0 Å². The van der Waals surface area contributed by atoms with Gasteiger partial charge >= 0.3 is 0 Å². The van der Waals surface area contributed by atoms with Crippen LogP contribution in [0.15, 0.2) is 18.2 Å². The van der Waals surface area contributed by atoms with Crippen LogP contribution in [-0.2, 0) is 4.74 Å².